The van der Waals surface area contributed by atoms with Gasteiger partial charge >= 0.3 is 0 Å². The lowest BCUT2D eigenvalue weighted by molar-refractivity contribution is -0.140. The fourth-order valence-corrected chi connectivity index (χ4v) is 5.97. The first-order chi connectivity index (χ1) is 19.5. The van der Waals surface area contributed by atoms with Gasteiger partial charge in [0.05, 0.1) is 24.8 Å². The summed E-state index contributed by atoms with van der Waals surface area (Å²) in [5.41, 5.74) is 1.69. The maximum absolute atomic E-state index is 14.1. The summed E-state index contributed by atoms with van der Waals surface area (Å²) >= 11 is 6.28. The molecule has 1 atom stereocenters. The van der Waals surface area contributed by atoms with Crippen molar-refractivity contribution in [3.63, 3.8) is 0 Å². The average Bonchev–Trinajstić information content (AvgIpc) is 2.96. The Hall–Kier alpha value is -3.76. The Morgan fingerprint density at radius 3 is 2.29 bits per heavy atom. The van der Waals surface area contributed by atoms with Gasteiger partial charge in [0.2, 0.25) is 11.8 Å². The van der Waals surface area contributed by atoms with Gasteiger partial charge in [-0.1, -0.05) is 48.4 Å². The van der Waals surface area contributed by atoms with Gasteiger partial charge in [-0.15, -0.1) is 0 Å². The summed E-state index contributed by atoms with van der Waals surface area (Å²) in [4.78, 5) is 28.6. The lowest BCUT2D eigenvalue weighted by Gasteiger charge is -2.33. The number of amides is 2. The number of nitrogens with one attached hydrogen (secondary N) is 1. The van der Waals surface area contributed by atoms with Crippen LogP contribution in [0.15, 0.2) is 71.6 Å². The molecule has 9 nitrogen and oxygen atoms in total. The molecule has 0 spiro atoms. The minimum absolute atomic E-state index is 0.00644. The minimum atomic E-state index is -4.27. The Balaban J connectivity index is 2.13. The monoisotopic (exact) mass is 601 g/mol. The number of ether oxygens (including phenoxy) is 2. The van der Waals surface area contributed by atoms with Crippen LogP contribution in [-0.2, 0) is 26.2 Å². The molecule has 0 aliphatic carbocycles. The summed E-state index contributed by atoms with van der Waals surface area (Å²) < 4.78 is 39.9. The first kappa shape index (κ1) is 31.8. The van der Waals surface area contributed by atoms with Crippen LogP contribution in [0.1, 0.15) is 31.4 Å². The van der Waals surface area contributed by atoms with E-state index < -0.39 is 28.5 Å². The molecule has 3 aromatic carbocycles. The number of hydrogen-bond acceptors (Lipinski definition) is 6. The maximum Gasteiger partial charge on any atom is 0.264 e. The van der Waals surface area contributed by atoms with Crippen LogP contribution in [0.25, 0.3) is 0 Å². The van der Waals surface area contributed by atoms with E-state index in [2.05, 4.69) is 5.32 Å². The van der Waals surface area contributed by atoms with Gasteiger partial charge in [0, 0.05) is 18.1 Å². The van der Waals surface area contributed by atoms with Crippen molar-refractivity contribution in [2.45, 2.75) is 44.7 Å². The van der Waals surface area contributed by atoms with Crippen molar-refractivity contribution in [3.05, 3.63) is 82.9 Å². The number of benzene rings is 3. The first-order valence-electron chi connectivity index (χ1n) is 13.2. The zero-order chi connectivity index (χ0) is 30.2. The normalized spacial score (nSPS) is 11.9. The second-order valence-corrected chi connectivity index (χ2v) is 11.6. The van der Waals surface area contributed by atoms with Crippen molar-refractivity contribution in [1.29, 1.82) is 0 Å². The molecule has 0 heterocycles. The lowest BCUT2D eigenvalue weighted by atomic mass is 10.1. The van der Waals surface area contributed by atoms with Gasteiger partial charge in [0.1, 0.15) is 24.1 Å². The molecule has 0 radical (unpaired) electrons. The van der Waals surface area contributed by atoms with E-state index in [-0.39, 0.29) is 33.8 Å². The van der Waals surface area contributed by atoms with E-state index in [9.17, 15) is 18.0 Å². The third-order valence-corrected chi connectivity index (χ3v) is 8.53. The molecule has 0 saturated heterocycles. The van der Waals surface area contributed by atoms with Crippen LogP contribution in [0.3, 0.4) is 0 Å². The van der Waals surface area contributed by atoms with Crippen LogP contribution >= 0.6 is 11.6 Å². The second kappa shape index (κ2) is 14.2. The van der Waals surface area contributed by atoms with Gasteiger partial charge in [-0.25, -0.2) is 8.42 Å². The highest BCUT2D eigenvalue weighted by atomic mass is 35.5. The third-order valence-electron chi connectivity index (χ3n) is 6.52. The predicted molar refractivity (Wildman–Crippen MR) is 160 cm³/mol. The zero-order valence-electron chi connectivity index (χ0n) is 23.9. The van der Waals surface area contributed by atoms with E-state index in [1.807, 2.05) is 13.0 Å². The van der Waals surface area contributed by atoms with Crippen LogP contribution < -0.4 is 19.1 Å². The number of methoxy groups -OCH3 is 2. The minimum Gasteiger partial charge on any atom is -0.497 e. The average molecular weight is 602 g/mol. The molecule has 0 unspecified atom stereocenters. The maximum atomic E-state index is 14.1. The number of sulfonamides is 1. The first-order valence-corrected chi connectivity index (χ1v) is 15.0. The molecule has 41 heavy (non-hydrogen) atoms. The quantitative estimate of drug-likeness (QED) is 0.302. The van der Waals surface area contributed by atoms with Gasteiger partial charge in [-0.2, -0.15) is 0 Å². The van der Waals surface area contributed by atoms with Gasteiger partial charge < -0.3 is 19.7 Å². The Kier molecular flexibility index (Phi) is 11.0. The summed E-state index contributed by atoms with van der Waals surface area (Å²) in [6, 6.07) is 17.2. The number of rotatable bonds is 13. The topological polar surface area (TPSA) is 105 Å². The van der Waals surface area contributed by atoms with Crippen molar-refractivity contribution < 1.29 is 27.5 Å². The molecular formula is C30H36ClN3O6S. The fourth-order valence-electron chi connectivity index (χ4n) is 4.39. The molecular weight excluding hydrogens is 566 g/mol. The van der Waals surface area contributed by atoms with E-state index in [0.29, 0.717) is 24.3 Å². The number of carbonyl (C=O) groups excluding carboxylic acids is 2. The highest BCUT2D eigenvalue weighted by Crippen LogP contribution is 2.35. The predicted octanol–water partition coefficient (Wildman–Crippen LogP) is 4.80. The highest BCUT2D eigenvalue weighted by Gasteiger charge is 2.34. The van der Waals surface area contributed by atoms with Crippen LogP contribution in [0.4, 0.5) is 5.69 Å². The summed E-state index contributed by atoms with van der Waals surface area (Å²) in [7, 11) is -1.32. The Morgan fingerprint density at radius 2 is 1.68 bits per heavy atom. The summed E-state index contributed by atoms with van der Waals surface area (Å²) in [5, 5.41) is 3.05. The number of likely N-dealkylation sites (N-methyl/N-ethyl adjacent to an activating group) is 1. The van der Waals surface area contributed by atoms with E-state index >= 15 is 0 Å². The second-order valence-electron chi connectivity index (χ2n) is 9.33. The van der Waals surface area contributed by atoms with Crippen molar-refractivity contribution in [2.24, 2.45) is 0 Å². The molecule has 0 aliphatic heterocycles. The number of anilines is 1. The molecule has 3 aromatic rings. The summed E-state index contributed by atoms with van der Waals surface area (Å²) in [6.45, 7) is 5.26. The molecule has 3 rings (SSSR count). The lowest BCUT2D eigenvalue weighted by Crippen LogP contribution is -2.52. The van der Waals surface area contributed by atoms with Crippen molar-refractivity contribution >= 4 is 39.1 Å². The molecule has 0 bridgehead atoms. The van der Waals surface area contributed by atoms with E-state index in [4.69, 9.17) is 21.1 Å². The van der Waals surface area contributed by atoms with E-state index in [1.165, 1.54) is 43.4 Å². The van der Waals surface area contributed by atoms with Gasteiger partial charge in [-0.05, 0) is 68.3 Å². The molecule has 1 N–H and O–H groups in total. The number of halogens is 1. The number of hydrogen-bond donors (Lipinski definition) is 1. The van der Waals surface area contributed by atoms with Crippen LogP contribution in [0.2, 0.25) is 5.02 Å². The van der Waals surface area contributed by atoms with Crippen molar-refractivity contribution in [3.8, 4) is 11.5 Å². The largest absolute Gasteiger partial charge is 0.497 e. The van der Waals surface area contributed by atoms with Gasteiger partial charge in [0.25, 0.3) is 10.0 Å². The molecule has 0 aliphatic rings. The molecule has 220 valence electrons. The van der Waals surface area contributed by atoms with Gasteiger partial charge in [-0.3, -0.25) is 13.9 Å². The Bertz CT molecular complexity index is 1460. The Labute approximate surface area is 247 Å². The molecule has 0 saturated carbocycles. The van der Waals surface area contributed by atoms with Crippen molar-refractivity contribution in [1.82, 2.24) is 10.2 Å². The standard InChI is InChI=1S/C30H36ClN3O6S/c1-6-26(30(36)32-7-2)33(19-22-9-8-10-24(17-22)39-4)29(35)20-34(27-18-23(31)13-16-28(27)40-5)41(37,38)25-14-11-21(3)12-15-25/h8-18,26H,6-7,19-20H2,1-5H3,(H,32,36)/t26-/m1/s1. The third kappa shape index (κ3) is 7.71. The van der Waals surface area contributed by atoms with Crippen LogP contribution in [-0.4, -0.2) is 58.5 Å². The van der Waals surface area contributed by atoms with E-state index in [1.54, 1.807) is 50.2 Å². The number of carbonyl (C=O) groups is 2. The Morgan fingerprint density at radius 1 is 0.976 bits per heavy atom. The molecule has 11 heteroatoms. The SMILES string of the molecule is CCNC(=O)[C@@H](CC)N(Cc1cccc(OC)c1)C(=O)CN(c1cc(Cl)ccc1OC)S(=O)(=O)c1ccc(C)cc1. The van der Waals surface area contributed by atoms with Crippen LogP contribution in [0, 0.1) is 6.92 Å². The number of nitrogens with zero attached hydrogens (tertiary/aromatic N) is 2. The van der Waals surface area contributed by atoms with Gasteiger partial charge in [0.15, 0.2) is 0 Å². The molecule has 2 amide bonds. The summed E-state index contributed by atoms with van der Waals surface area (Å²) in [6.07, 6.45) is 0.312. The zero-order valence-corrected chi connectivity index (χ0v) is 25.5. The fraction of sp³-hybridized carbons (Fsp3) is 0.333. The van der Waals surface area contributed by atoms with Crippen LogP contribution in [0.5, 0.6) is 11.5 Å². The number of aryl methyl sites for hydroxylation is 1. The summed E-state index contributed by atoms with van der Waals surface area (Å²) in [5.74, 6) is -0.107. The smallest absolute Gasteiger partial charge is 0.264 e. The van der Waals surface area contributed by atoms with Crippen molar-refractivity contribution in [2.75, 3.05) is 31.6 Å². The molecule has 0 fully saturated rings. The van der Waals surface area contributed by atoms with E-state index in [0.717, 1.165) is 9.87 Å². The highest BCUT2D eigenvalue weighted by molar-refractivity contribution is 7.92. The molecule has 0 aromatic heterocycles.